The molecule has 5 aromatic rings. The van der Waals surface area contributed by atoms with Crippen LogP contribution in [0.1, 0.15) is 61.4 Å². The molecule has 0 aliphatic rings. The quantitative estimate of drug-likeness (QED) is 0.0551. The normalized spacial score (nSPS) is 12.6. The second-order valence-electron chi connectivity index (χ2n) is 12.5. The van der Waals surface area contributed by atoms with E-state index in [1.165, 1.54) is 23.4 Å². The van der Waals surface area contributed by atoms with E-state index in [1.54, 1.807) is 18.2 Å². The number of benzene rings is 5. The van der Waals surface area contributed by atoms with E-state index >= 15 is 0 Å². The summed E-state index contributed by atoms with van der Waals surface area (Å²) in [6.07, 6.45) is 0. The van der Waals surface area contributed by atoms with Crippen LogP contribution in [-0.4, -0.2) is 47.9 Å². The first-order valence-electron chi connectivity index (χ1n) is 17.5. The molecule has 0 fully saturated rings. The molecule has 0 bridgehead atoms. The molecule has 0 aliphatic carbocycles. The van der Waals surface area contributed by atoms with Gasteiger partial charge < -0.3 is 18.9 Å². The van der Waals surface area contributed by atoms with Gasteiger partial charge in [0.15, 0.2) is 0 Å². The van der Waals surface area contributed by atoms with Gasteiger partial charge in [0.25, 0.3) is 10.1 Å². The lowest BCUT2D eigenvalue weighted by molar-refractivity contribution is 0.457. The van der Waals surface area contributed by atoms with Crippen molar-refractivity contribution in [3.63, 3.8) is 0 Å². The predicted octanol–water partition coefficient (Wildman–Crippen LogP) is 8.53. The van der Waals surface area contributed by atoms with Crippen LogP contribution in [0.15, 0.2) is 126 Å². The van der Waals surface area contributed by atoms with Gasteiger partial charge in [-0.1, -0.05) is 60.7 Å². The average molecular weight is 742 g/mol. The summed E-state index contributed by atoms with van der Waals surface area (Å²) in [5, 5.41) is 0. The molecule has 0 heterocycles. The van der Waals surface area contributed by atoms with Crippen LogP contribution in [0.5, 0.6) is 5.75 Å². The molecule has 2 unspecified atom stereocenters. The number of rotatable bonds is 17. The Morgan fingerprint density at radius 3 is 1.40 bits per heavy atom. The third kappa shape index (κ3) is 9.80. The molecular weight excluding hydrogens is 695 g/mol. The van der Waals surface area contributed by atoms with Gasteiger partial charge >= 0.3 is 11.4 Å². The lowest BCUT2D eigenvalue weighted by Crippen LogP contribution is -2.22. The summed E-state index contributed by atoms with van der Waals surface area (Å²) in [4.78, 5) is 6.63. The second-order valence-corrected chi connectivity index (χ2v) is 14.5. The molecule has 0 saturated carbocycles. The first kappa shape index (κ1) is 38.5. The van der Waals surface area contributed by atoms with E-state index < -0.39 is 21.5 Å². The molecule has 0 aliphatic heterocycles. The van der Waals surface area contributed by atoms with Crippen LogP contribution in [0.4, 0.5) is 17.1 Å². The maximum Gasteiger partial charge on any atom is 0.357 e. The third-order valence-corrected chi connectivity index (χ3v) is 10.5. The molecule has 52 heavy (non-hydrogen) atoms. The molecule has 0 aromatic heterocycles. The highest BCUT2D eigenvalue weighted by Gasteiger charge is 2.19. The van der Waals surface area contributed by atoms with E-state index in [4.69, 9.17) is 8.74 Å². The smallest absolute Gasteiger partial charge is 0.357 e. The largest absolute Gasteiger partial charge is 0.380 e. The fourth-order valence-corrected chi connectivity index (χ4v) is 7.41. The number of anilines is 3. The Morgan fingerprint density at radius 2 is 1.00 bits per heavy atom. The summed E-state index contributed by atoms with van der Waals surface area (Å²) in [5.74, 6) is 0.317. The van der Waals surface area contributed by atoms with Gasteiger partial charge in [-0.15, -0.1) is 0 Å². The van der Waals surface area contributed by atoms with Crippen LogP contribution in [0.25, 0.3) is 0 Å². The van der Waals surface area contributed by atoms with E-state index in [9.17, 15) is 17.2 Å². The van der Waals surface area contributed by atoms with Crippen LogP contribution >= 0.6 is 0 Å². The molecule has 9 nitrogen and oxygen atoms in total. The number of hydrogen-bond donors (Lipinski definition) is 2. The Balaban J connectivity index is 1.44. The summed E-state index contributed by atoms with van der Waals surface area (Å²) in [7, 11) is -4.29. The standard InChI is InChI=1S/C41H47N3O6S2/c1-5-42(6-2)36-21-15-33(16-22-36)41(34-17-23-37(24-18-34)43(7-3)29-31-11-9-13-39(27-31)50-51(45)46)35-19-25-38(26-20-35)44(8-4)30-32-12-10-14-40(28-32)52(47,48)49/h9-28,41H,5-8,29-30H2,1-4H3,(H,45,46)(H,47,48,49). The molecule has 2 atom stereocenters. The lowest BCUT2D eigenvalue weighted by atomic mass is 9.85. The van der Waals surface area contributed by atoms with E-state index in [1.807, 2.05) is 18.2 Å². The number of nitrogens with zero attached hydrogens (tertiary/aromatic N) is 3. The molecule has 5 rings (SSSR count). The van der Waals surface area contributed by atoms with Crippen molar-refractivity contribution in [2.24, 2.45) is 0 Å². The summed E-state index contributed by atoms with van der Waals surface area (Å²) in [6, 6.07) is 39.7. The van der Waals surface area contributed by atoms with Crippen LogP contribution < -0.4 is 18.9 Å². The Labute approximate surface area is 310 Å². The first-order chi connectivity index (χ1) is 25.0. The summed E-state index contributed by atoms with van der Waals surface area (Å²) in [5.41, 5.74) is 8.48. The van der Waals surface area contributed by atoms with Gasteiger partial charge in [0.2, 0.25) is 0 Å². The van der Waals surface area contributed by atoms with E-state index in [0.717, 1.165) is 53.3 Å². The molecule has 5 aromatic carbocycles. The summed E-state index contributed by atoms with van der Waals surface area (Å²) < 4.78 is 58.3. The lowest BCUT2D eigenvalue weighted by Gasteiger charge is -2.27. The Bertz CT molecular complexity index is 2040. The summed E-state index contributed by atoms with van der Waals surface area (Å²) in [6.45, 7) is 12.9. The average Bonchev–Trinajstić information content (AvgIpc) is 3.14. The minimum atomic E-state index is -4.29. The molecular formula is C41H47N3O6S2. The fraction of sp³-hybridized carbons (Fsp3) is 0.268. The van der Waals surface area contributed by atoms with Gasteiger partial charge in [-0.2, -0.15) is 12.6 Å². The molecule has 2 N–H and O–H groups in total. The van der Waals surface area contributed by atoms with Crippen molar-refractivity contribution in [3.05, 3.63) is 149 Å². The minimum Gasteiger partial charge on any atom is -0.380 e. The van der Waals surface area contributed by atoms with Crippen LogP contribution in [0, 0.1) is 0 Å². The van der Waals surface area contributed by atoms with Crippen molar-refractivity contribution < 1.29 is 25.9 Å². The zero-order valence-corrected chi connectivity index (χ0v) is 31.7. The van der Waals surface area contributed by atoms with Crippen LogP contribution in [0.2, 0.25) is 0 Å². The molecule has 0 spiro atoms. The van der Waals surface area contributed by atoms with Gasteiger partial charge in [-0.05, 0) is 116 Å². The van der Waals surface area contributed by atoms with Crippen molar-refractivity contribution in [1.82, 2.24) is 0 Å². The molecule has 274 valence electrons. The maximum atomic E-state index is 11.7. The highest BCUT2D eigenvalue weighted by molar-refractivity contribution is 7.85. The maximum absolute atomic E-state index is 11.7. The SMILES string of the molecule is CCN(CC)c1ccc(C(c2ccc(N(CC)Cc3cccc(OS(=O)O)c3)cc2)c2ccc(N(CC)Cc3cccc(S(=O)(=O)O)c3)cc2)cc1. The Kier molecular flexibility index (Phi) is 13.1. The second kappa shape index (κ2) is 17.7. The van der Waals surface area contributed by atoms with Crippen molar-refractivity contribution in [2.45, 2.75) is 51.6 Å². The van der Waals surface area contributed by atoms with Gasteiger partial charge in [0.05, 0.1) is 4.90 Å². The minimum absolute atomic E-state index is 0.0290. The highest BCUT2D eigenvalue weighted by Crippen LogP contribution is 2.35. The predicted molar refractivity (Wildman–Crippen MR) is 211 cm³/mol. The zero-order chi connectivity index (χ0) is 37.3. The third-order valence-electron chi connectivity index (χ3n) is 9.31. The van der Waals surface area contributed by atoms with Gasteiger partial charge in [0, 0.05) is 62.2 Å². The van der Waals surface area contributed by atoms with Crippen molar-refractivity contribution >= 4 is 38.5 Å². The van der Waals surface area contributed by atoms with E-state index in [2.05, 4.69) is 115 Å². The van der Waals surface area contributed by atoms with Crippen molar-refractivity contribution in [3.8, 4) is 5.75 Å². The zero-order valence-electron chi connectivity index (χ0n) is 30.1. The van der Waals surface area contributed by atoms with E-state index in [-0.39, 0.29) is 10.8 Å². The molecule has 0 amide bonds. The molecule has 0 saturated heterocycles. The molecule has 11 heteroatoms. The topological polar surface area (TPSA) is 111 Å². The molecule has 0 radical (unpaired) electrons. The first-order valence-corrected chi connectivity index (χ1v) is 20.0. The highest BCUT2D eigenvalue weighted by atomic mass is 32.2. The Morgan fingerprint density at radius 1 is 0.596 bits per heavy atom. The van der Waals surface area contributed by atoms with Gasteiger partial charge in [0.1, 0.15) is 5.75 Å². The van der Waals surface area contributed by atoms with Gasteiger partial charge in [-0.3, -0.25) is 9.11 Å². The van der Waals surface area contributed by atoms with Crippen molar-refractivity contribution in [1.29, 1.82) is 0 Å². The Hall–Kier alpha value is -4.68. The van der Waals surface area contributed by atoms with Crippen molar-refractivity contribution in [2.75, 3.05) is 40.9 Å². The number of hydrogen-bond acceptors (Lipinski definition) is 7. The summed E-state index contributed by atoms with van der Waals surface area (Å²) >= 11 is -2.38. The monoisotopic (exact) mass is 741 g/mol. The van der Waals surface area contributed by atoms with Gasteiger partial charge in [-0.25, -0.2) is 0 Å². The van der Waals surface area contributed by atoms with E-state index in [0.29, 0.717) is 25.4 Å². The van der Waals surface area contributed by atoms with Crippen LogP contribution in [0.3, 0.4) is 0 Å². The van der Waals surface area contributed by atoms with Crippen LogP contribution in [-0.2, 0) is 34.6 Å². The fourth-order valence-electron chi connectivity index (χ4n) is 6.59.